The molecule has 0 saturated carbocycles. The van der Waals surface area contributed by atoms with Crippen molar-refractivity contribution in [3.63, 3.8) is 0 Å². The quantitative estimate of drug-likeness (QED) is 0.155. The Labute approximate surface area is 260 Å². The van der Waals surface area contributed by atoms with Crippen LogP contribution >= 0.6 is 15.9 Å². The molecule has 0 aliphatic heterocycles. The number of imidazole rings is 1. The number of amides is 1. The third kappa shape index (κ3) is 7.90. The number of sulfone groups is 1. The summed E-state index contributed by atoms with van der Waals surface area (Å²) in [6, 6.07) is 6.81. The minimum absolute atomic E-state index is 0.182. The lowest BCUT2D eigenvalue weighted by Crippen LogP contribution is -2.45. The van der Waals surface area contributed by atoms with Crippen LogP contribution in [0, 0.1) is 0 Å². The highest BCUT2D eigenvalue weighted by Gasteiger charge is 2.26. The molecular weight excluding hydrogens is 656 g/mol. The molecule has 4 rings (SSSR count). The molecule has 4 aromatic rings. The average molecular weight is 696 g/mol. The van der Waals surface area contributed by atoms with Crippen molar-refractivity contribution >= 4 is 62.6 Å². The van der Waals surface area contributed by atoms with E-state index in [-0.39, 0.29) is 24.4 Å². The summed E-state index contributed by atoms with van der Waals surface area (Å²) in [5, 5.41) is 17.0. The van der Waals surface area contributed by atoms with Gasteiger partial charge in [-0.05, 0) is 60.8 Å². The van der Waals surface area contributed by atoms with Gasteiger partial charge in [-0.1, -0.05) is 31.8 Å². The molecule has 3 heterocycles. The number of nitrogens with zero attached hydrogens (tertiary/aromatic N) is 7. The van der Waals surface area contributed by atoms with E-state index in [4.69, 9.17) is 9.72 Å². The van der Waals surface area contributed by atoms with Gasteiger partial charge in [0.25, 0.3) is 5.16 Å². The highest BCUT2D eigenvalue weighted by molar-refractivity contribution is 9.10. The number of benzene rings is 1. The lowest BCUT2D eigenvalue weighted by Gasteiger charge is -2.33. The van der Waals surface area contributed by atoms with Crippen molar-refractivity contribution in [3.05, 3.63) is 40.3 Å². The van der Waals surface area contributed by atoms with Crippen molar-refractivity contribution in [2.24, 2.45) is 0 Å². The number of fused-ring (bicyclic) bond motifs is 2. The number of carboxylic acid groups (broad SMARTS) is 1. The number of carbonyl (C=O) groups is 1. The Morgan fingerprint density at radius 1 is 1.19 bits per heavy atom. The van der Waals surface area contributed by atoms with Crippen LogP contribution in [-0.4, -0.2) is 86.7 Å². The van der Waals surface area contributed by atoms with Gasteiger partial charge in [-0.15, -0.1) is 0 Å². The summed E-state index contributed by atoms with van der Waals surface area (Å²) >= 11 is 3.37. The third-order valence-corrected chi connectivity index (χ3v) is 9.94. The molecule has 43 heavy (non-hydrogen) atoms. The Hall–Kier alpha value is -3.08. The Morgan fingerprint density at radius 3 is 2.53 bits per heavy atom. The topological polar surface area (TPSA) is 157 Å². The lowest BCUT2D eigenvalue weighted by atomic mass is 10.0. The fraction of sp³-hybridized carbons (Fsp3) is 0.519. The van der Waals surface area contributed by atoms with E-state index in [1.807, 2.05) is 43.5 Å². The van der Waals surface area contributed by atoms with Crippen LogP contribution < -0.4 is 5.32 Å². The summed E-state index contributed by atoms with van der Waals surface area (Å²) in [5.41, 5.74) is 2.31. The molecule has 3 aromatic heterocycles. The van der Waals surface area contributed by atoms with Crippen LogP contribution in [0.5, 0.6) is 0 Å². The fourth-order valence-electron chi connectivity index (χ4n) is 4.54. The summed E-state index contributed by atoms with van der Waals surface area (Å²) in [4.78, 5) is 26.7. The molecule has 0 saturated heterocycles. The predicted molar refractivity (Wildman–Crippen MR) is 171 cm³/mol. The van der Waals surface area contributed by atoms with E-state index >= 15 is 0 Å². The molecule has 234 valence electrons. The first kappa shape index (κ1) is 32.8. The van der Waals surface area contributed by atoms with Gasteiger partial charge >= 0.3 is 6.09 Å². The maximum Gasteiger partial charge on any atom is 0.407 e. The van der Waals surface area contributed by atoms with Crippen LogP contribution in [0.25, 0.3) is 16.7 Å². The van der Waals surface area contributed by atoms with Crippen molar-refractivity contribution in [3.8, 4) is 0 Å². The van der Waals surface area contributed by atoms with Gasteiger partial charge in [0.05, 0.1) is 28.2 Å². The highest BCUT2D eigenvalue weighted by atomic mass is 79.9. The number of rotatable bonds is 12. The maximum absolute atomic E-state index is 12.3. The van der Waals surface area contributed by atoms with Gasteiger partial charge in [-0.2, -0.15) is 19.6 Å². The van der Waals surface area contributed by atoms with Crippen LogP contribution in [0.4, 0.5) is 10.7 Å². The number of hydrogen-bond donors (Lipinski definition) is 2. The van der Waals surface area contributed by atoms with Gasteiger partial charge in [0.2, 0.25) is 15.8 Å². The van der Waals surface area contributed by atoms with Gasteiger partial charge in [0.15, 0.2) is 5.65 Å². The molecule has 0 aliphatic rings. The van der Waals surface area contributed by atoms with Gasteiger partial charge in [0.1, 0.15) is 12.6 Å². The third-order valence-electron chi connectivity index (χ3n) is 6.83. The van der Waals surface area contributed by atoms with E-state index < -0.39 is 29.5 Å². The molecule has 0 radical (unpaired) electrons. The molecule has 2 N–H and O–H groups in total. The molecule has 0 fully saturated rings. The molecule has 0 atom stereocenters. The van der Waals surface area contributed by atoms with E-state index in [2.05, 4.69) is 56.0 Å². The van der Waals surface area contributed by atoms with Crippen LogP contribution in [0.15, 0.2) is 34.0 Å². The number of nitrogens with one attached hydrogen (secondary N) is 1. The van der Waals surface area contributed by atoms with E-state index in [0.717, 1.165) is 28.9 Å². The highest BCUT2D eigenvalue weighted by Crippen LogP contribution is 2.25. The van der Waals surface area contributed by atoms with Crippen molar-refractivity contribution < 1.29 is 23.1 Å². The molecular formula is C27H39BrN8O5SSi. The van der Waals surface area contributed by atoms with Crippen LogP contribution in [0.1, 0.15) is 32.2 Å². The van der Waals surface area contributed by atoms with E-state index in [9.17, 15) is 18.3 Å². The maximum atomic E-state index is 12.3. The normalized spacial score (nSPS) is 12.7. The Morgan fingerprint density at radius 2 is 1.91 bits per heavy atom. The van der Waals surface area contributed by atoms with Gasteiger partial charge in [-0.3, -0.25) is 0 Å². The molecule has 1 amide bonds. The van der Waals surface area contributed by atoms with Crippen molar-refractivity contribution in [1.29, 1.82) is 0 Å². The predicted octanol–water partition coefficient (Wildman–Crippen LogP) is 4.89. The summed E-state index contributed by atoms with van der Waals surface area (Å²) in [7, 11) is -5.01. The number of anilines is 1. The summed E-state index contributed by atoms with van der Waals surface area (Å²) < 4.78 is 34.7. The minimum atomic E-state index is -3.69. The number of aromatic nitrogens is 6. The Bertz CT molecular complexity index is 1740. The largest absolute Gasteiger partial charge is 0.465 e. The number of halogens is 1. The first-order valence-electron chi connectivity index (χ1n) is 13.9. The summed E-state index contributed by atoms with van der Waals surface area (Å²) in [6.07, 6.45) is 2.09. The molecule has 16 heteroatoms. The van der Waals surface area contributed by atoms with E-state index in [1.54, 1.807) is 0 Å². The average Bonchev–Trinajstić information content (AvgIpc) is 3.43. The Balaban J connectivity index is 1.71. The van der Waals surface area contributed by atoms with Crippen molar-refractivity contribution in [1.82, 2.24) is 34.0 Å². The van der Waals surface area contributed by atoms with Gasteiger partial charge < -0.3 is 24.6 Å². The zero-order valence-corrected chi connectivity index (χ0v) is 29.0. The zero-order chi connectivity index (χ0) is 31.7. The second-order valence-corrected chi connectivity index (χ2v) is 21.0. The minimum Gasteiger partial charge on any atom is -0.465 e. The molecule has 0 unspecified atom stereocenters. The summed E-state index contributed by atoms with van der Waals surface area (Å²) in [5.74, 6) is 0.831. The SMILES string of the molecule is CC(C)(C)N(CCc1cccc2nc(CNc3nc(S(C)(=O)=O)nc4c(Br)cnn34)n(COCC[Si](C)(C)C)c12)C(=O)O. The van der Waals surface area contributed by atoms with Gasteiger partial charge in [-0.25, -0.2) is 18.2 Å². The molecule has 13 nitrogen and oxygen atoms in total. The first-order valence-corrected chi connectivity index (χ1v) is 20.3. The van der Waals surface area contributed by atoms with Gasteiger partial charge in [0, 0.05) is 33.0 Å². The second kappa shape index (κ2) is 12.5. The summed E-state index contributed by atoms with van der Waals surface area (Å²) in [6.45, 7) is 13.8. The molecule has 0 spiro atoms. The molecule has 0 bridgehead atoms. The van der Waals surface area contributed by atoms with Crippen LogP contribution in [0.2, 0.25) is 25.7 Å². The zero-order valence-electron chi connectivity index (χ0n) is 25.5. The van der Waals surface area contributed by atoms with Crippen LogP contribution in [-0.2, 0) is 34.3 Å². The number of hydrogen-bond acceptors (Lipinski definition) is 9. The smallest absolute Gasteiger partial charge is 0.407 e. The molecule has 0 aliphatic carbocycles. The standard InChI is InChI=1S/C27H39BrN8O5SSi/c1-27(2,3)35(26(37)38)12-11-18-9-8-10-20-22(18)34(17-41-13-14-43(5,6)7)21(31-20)16-29-24-33-25(42(4,39)40)32-23-19(28)15-30-36(23)24/h8-10,15H,11-14,16-17H2,1-7H3,(H,37,38)(H,29,32,33). The lowest BCUT2D eigenvalue weighted by molar-refractivity contribution is 0.0877. The molecule has 1 aromatic carbocycles. The van der Waals surface area contributed by atoms with Crippen molar-refractivity contribution in [2.75, 3.05) is 24.7 Å². The second-order valence-electron chi connectivity index (χ2n) is 12.6. The number of ether oxygens (including phenoxy) is 1. The number of para-hydroxylation sites is 1. The van der Waals surface area contributed by atoms with E-state index in [0.29, 0.717) is 35.5 Å². The van der Waals surface area contributed by atoms with Crippen LogP contribution in [0.3, 0.4) is 0 Å². The fourth-order valence-corrected chi connectivity index (χ4v) is 6.15. The van der Waals surface area contributed by atoms with Crippen molar-refractivity contribution in [2.45, 2.75) is 76.8 Å². The Kier molecular flexibility index (Phi) is 9.54. The first-order chi connectivity index (χ1) is 20.0. The monoisotopic (exact) mass is 694 g/mol. The van der Waals surface area contributed by atoms with E-state index in [1.165, 1.54) is 15.6 Å².